The third kappa shape index (κ3) is 3.07. The summed E-state index contributed by atoms with van der Waals surface area (Å²) in [4.78, 5) is 0. The Morgan fingerprint density at radius 3 is 1.93 bits per heavy atom. The van der Waals surface area contributed by atoms with Crippen LogP contribution in [0.25, 0.3) is 43.8 Å². The molecule has 0 aliphatic carbocycles. The Balaban J connectivity index is 1.94. The summed E-state index contributed by atoms with van der Waals surface area (Å²) in [6.45, 7) is 4.27. The van der Waals surface area contributed by atoms with Crippen molar-refractivity contribution in [3.63, 3.8) is 0 Å². The standard InChI is InChI=1S/C28H23OP/c1-17-13-18(2)15-21(14-17)24-16-20-8-4-6-10-23(20)27(28(24)30)26-22-9-5-3-7-19(22)11-12-25(26)29/h3-16,29H,30H2,1-2H3. The van der Waals surface area contributed by atoms with Crippen LogP contribution in [0.2, 0.25) is 0 Å². The highest BCUT2D eigenvalue weighted by Crippen LogP contribution is 2.42. The van der Waals surface area contributed by atoms with Gasteiger partial charge < -0.3 is 5.11 Å². The van der Waals surface area contributed by atoms with E-state index in [0.29, 0.717) is 5.75 Å². The fraction of sp³-hybridized carbons (Fsp3) is 0.0714. The molecule has 0 amide bonds. The van der Waals surface area contributed by atoms with Crippen molar-refractivity contribution >= 4 is 36.1 Å². The molecule has 1 nitrogen and oxygen atoms in total. The molecule has 5 aromatic carbocycles. The molecule has 0 fully saturated rings. The minimum atomic E-state index is 0.306. The van der Waals surface area contributed by atoms with Crippen LogP contribution >= 0.6 is 9.24 Å². The van der Waals surface area contributed by atoms with Crippen LogP contribution in [0.1, 0.15) is 11.1 Å². The van der Waals surface area contributed by atoms with Gasteiger partial charge in [-0.3, -0.25) is 0 Å². The topological polar surface area (TPSA) is 20.2 Å². The number of rotatable bonds is 2. The van der Waals surface area contributed by atoms with Gasteiger partial charge in [-0.2, -0.15) is 0 Å². The van der Waals surface area contributed by atoms with Gasteiger partial charge in [-0.05, 0) is 64.0 Å². The van der Waals surface area contributed by atoms with Crippen molar-refractivity contribution in [3.05, 3.63) is 96.1 Å². The minimum absolute atomic E-state index is 0.306. The molecule has 1 atom stereocenters. The van der Waals surface area contributed by atoms with E-state index in [1.54, 1.807) is 6.07 Å². The number of benzene rings is 5. The van der Waals surface area contributed by atoms with Gasteiger partial charge in [-0.1, -0.05) is 83.9 Å². The third-order valence-corrected chi connectivity index (χ3v) is 6.38. The molecule has 0 aromatic heterocycles. The van der Waals surface area contributed by atoms with E-state index in [1.807, 2.05) is 18.2 Å². The lowest BCUT2D eigenvalue weighted by Gasteiger charge is -2.19. The number of aromatic hydroxyl groups is 1. The number of hydrogen-bond acceptors (Lipinski definition) is 1. The molecule has 1 unspecified atom stereocenters. The van der Waals surface area contributed by atoms with Crippen LogP contribution in [0.15, 0.2) is 84.9 Å². The molecule has 1 N–H and O–H groups in total. The number of hydrogen-bond donors (Lipinski definition) is 1. The third-order valence-electron chi connectivity index (χ3n) is 5.78. The number of fused-ring (bicyclic) bond motifs is 2. The first-order chi connectivity index (χ1) is 14.5. The Bertz CT molecular complexity index is 1410. The summed E-state index contributed by atoms with van der Waals surface area (Å²) < 4.78 is 0. The van der Waals surface area contributed by atoms with Crippen molar-refractivity contribution in [1.29, 1.82) is 0 Å². The summed E-state index contributed by atoms with van der Waals surface area (Å²) in [6, 6.07) is 29.4. The molecule has 0 heterocycles. The molecule has 0 radical (unpaired) electrons. The normalized spacial score (nSPS) is 11.3. The molecular weight excluding hydrogens is 383 g/mol. The van der Waals surface area contributed by atoms with Crippen molar-refractivity contribution < 1.29 is 5.11 Å². The smallest absolute Gasteiger partial charge is 0.124 e. The quantitative estimate of drug-likeness (QED) is 0.309. The summed E-state index contributed by atoms with van der Waals surface area (Å²) >= 11 is 0. The molecule has 0 aliphatic heterocycles. The van der Waals surface area contributed by atoms with E-state index in [4.69, 9.17) is 0 Å². The SMILES string of the molecule is Cc1cc(C)cc(-c2cc3ccccc3c(-c3c(O)ccc4ccccc34)c2P)c1. The zero-order valence-electron chi connectivity index (χ0n) is 17.1. The summed E-state index contributed by atoms with van der Waals surface area (Å²) in [6.07, 6.45) is 0. The van der Waals surface area contributed by atoms with Crippen LogP contribution in [0, 0.1) is 13.8 Å². The average Bonchev–Trinajstić information content (AvgIpc) is 2.73. The zero-order chi connectivity index (χ0) is 20.8. The molecule has 2 heteroatoms. The van der Waals surface area contributed by atoms with Crippen molar-refractivity contribution in [2.45, 2.75) is 13.8 Å². The largest absolute Gasteiger partial charge is 0.507 e. The van der Waals surface area contributed by atoms with Crippen LogP contribution in [-0.4, -0.2) is 5.11 Å². The van der Waals surface area contributed by atoms with E-state index in [0.717, 1.165) is 32.6 Å². The number of phenolic OH excluding ortho intramolecular Hbond substituents is 1. The first kappa shape index (κ1) is 18.9. The van der Waals surface area contributed by atoms with Gasteiger partial charge in [0.25, 0.3) is 0 Å². The first-order valence-corrected chi connectivity index (χ1v) is 10.7. The van der Waals surface area contributed by atoms with Crippen LogP contribution in [0.3, 0.4) is 0 Å². The molecule has 0 spiro atoms. The van der Waals surface area contributed by atoms with Crippen molar-refractivity contribution in [2.24, 2.45) is 0 Å². The lowest BCUT2D eigenvalue weighted by atomic mass is 9.89. The Morgan fingerprint density at radius 2 is 1.23 bits per heavy atom. The Morgan fingerprint density at radius 1 is 0.633 bits per heavy atom. The molecule has 0 aliphatic rings. The van der Waals surface area contributed by atoms with Gasteiger partial charge in [0.05, 0.1) is 0 Å². The minimum Gasteiger partial charge on any atom is -0.507 e. The second-order valence-electron chi connectivity index (χ2n) is 7.99. The van der Waals surface area contributed by atoms with E-state index >= 15 is 0 Å². The summed E-state index contributed by atoms with van der Waals surface area (Å²) in [5, 5.41) is 16.6. The Hall–Kier alpha value is -3.15. The number of aryl methyl sites for hydroxylation is 2. The molecule has 5 aromatic rings. The maximum Gasteiger partial charge on any atom is 0.124 e. The number of phenols is 1. The predicted octanol–water partition coefficient (Wildman–Crippen LogP) is 7.15. The molecule has 30 heavy (non-hydrogen) atoms. The van der Waals surface area contributed by atoms with Crippen LogP contribution in [0.5, 0.6) is 5.75 Å². The molecule has 146 valence electrons. The van der Waals surface area contributed by atoms with Crippen LogP contribution in [0.4, 0.5) is 0 Å². The monoisotopic (exact) mass is 406 g/mol. The molecule has 0 bridgehead atoms. The van der Waals surface area contributed by atoms with E-state index in [9.17, 15) is 5.11 Å². The maximum atomic E-state index is 11.0. The summed E-state index contributed by atoms with van der Waals surface area (Å²) in [5.41, 5.74) is 6.83. The summed E-state index contributed by atoms with van der Waals surface area (Å²) in [7, 11) is 2.96. The van der Waals surface area contributed by atoms with Crippen molar-refractivity contribution in [3.8, 4) is 28.0 Å². The second kappa shape index (κ2) is 7.27. The maximum absolute atomic E-state index is 11.0. The predicted molar refractivity (Wildman–Crippen MR) is 133 cm³/mol. The zero-order valence-corrected chi connectivity index (χ0v) is 18.3. The lowest BCUT2D eigenvalue weighted by Crippen LogP contribution is -2.04. The second-order valence-corrected chi connectivity index (χ2v) is 8.57. The Kier molecular flexibility index (Phi) is 4.57. The van der Waals surface area contributed by atoms with Gasteiger partial charge >= 0.3 is 0 Å². The van der Waals surface area contributed by atoms with Crippen molar-refractivity contribution in [2.75, 3.05) is 0 Å². The molecule has 5 rings (SSSR count). The van der Waals surface area contributed by atoms with Crippen molar-refractivity contribution in [1.82, 2.24) is 0 Å². The fourth-order valence-electron chi connectivity index (χ4n) is 4.52. The highest BCUT2D eigenvalue weighted by molar-refractivity contribution is 7.28. The molecule has 0 saturated heterocycles. The fourth-order valence-corrected chi connectivity index (χ4v) is 5.07. The van der Waals surface area contributed by atoms with E-state index in [-0.39, 0.29) is 0 Å². The van der Waals surface area contributed by atoms with E-state index in [2.05, 4.69) is 83.8 Å². The van der Waals surface area contributed by atoms with Gasteiger partial charge in [0.1, 0.15) is 5.75 Å². The van der Waals surface area contributed by atoms with E-state index < -0.39 is 0 Å². The average molecular weight is 406 g/mol. The lowest BCUT2D eigenvalue weighted by molar-refractivity contribution is 0.478. The highest BCUT2D eigenvalue weighted by Gasteiger charge is 2.18. The van der Waals surface area contributed by atoms with Gasteiger partial charge in [-0.15, -0.1) is 9.24 Å². The van der Waals surface area contributed by atoms with Gasteiger partial charge in [-0.25, -0.2) is 0 Å². The van der Waals surface area contributed by atoms with Crippen LogP contribution in [-0.2, 0) is 0 Å². The molecule has 0 saturated carbocycles. The van der Waals surface area contributed by atoms with Gasteiger partial charge in [0.15, 0.2) is 0 Å². The van der Waals surface area contributed by atoms with Gasteiger partial charge in [0.2, 0.25) is 0 Å². The summed E-state index contributed by atoms with van der Waals surface area (Å²) in [5.74, 6) is 0.306. The Labute approximate surface area is 179 Å². The first-order valence-electron chi connectivity index (χ1n) is 10.1. The van der Waals surface area contributed by atoms with Crippen LogP contribution < -0.4 is 5.30 Å². The highest BCUT2D eigenvalue weighted by atomic mass is 31.0. The molecular formula is C28H23OP. The van der Waals surface area contributed by atoms with Gasteiger partial charge in [0, 0.05) is 11.1 Å². The van der Waals surface area contributed by atoms with E-state index in [1.165, 1.54) is 27.6 Å².